The van der Waals surface area contributed by atoms with Gasteiger partial charge >= 0.3 is 6.09 Å². The Morgan fingerprint density at radius 3 is 2.60 bits per heavy atom. The van der Waals surface area contributed by atoms with E-state index >= 15 is 0 Å². The molecule has 45 heavy (non-hydrogen) atoms. The first-order valence-corrected chi connectivity index (χ1v) is 15.2. The number of hydrogen-bond donors (Lipinski definition) is 4. The second-order valence-electron chi connectivity index (χ2n) is 11.6. The average Bonchev–Trinajstić information content (AvgIpc) is 3.68. The molecule has 2 saturated heterocycles. The van der Waals surface area contributed by atoms with Crippen LogP contribution in [0.15, 0.2) is 36.7 Å². The molecule has 2 aromatic heterocycles. The molecule has 3 aromatic rings. The van der Waals surface area contributed by atoms with E-state index in [-0.39, 0.29) is 36.0 Å². The highest BCUT2D eigenvalue weighted by atomic mass is 16.6. The Morgan fingerprint density at radius 2 is 1.84 bits per heavy atom. The van der Waals surface area contributed by atoms with E-state index in [0.29, 0.717) is 44.2 Å². The SMILES string of the molecule is Nc1nc(C#CCC2CCN(C(=O)OCCOCc3ccccc3)CC2)nc2c1ncn2[C@@H]1O[C@H](C(=O)NC2CC2)[C@H](O)C1O. The van der Waals surface area contributed by atoms with E-state index in [1.54, 1.807) is 4.90 Å². The van der Waals surface area contributed by atoms with Crippen LogP contribution >= 0.6 is 0 Å². The number of rotatable bonds is 9. The van der Waals surface area contributed by atoms with Crippen molar-refractivity contribution in [3.63, 3.8) is 0 Å². The Bertz CT molecular complexity index is 1560. The standard InChI is InChI=1S/C31H37N7O7/c32-27-23-28(38(18-33-23)30-25(40)24(39)26(45-30)29(41)34-21-9-10-21)36-22(35-27)8-4-7-19-11-13-37(14-12-19)31(42)44-16-15-43-17-20-5-2-1-3-6-20/h1-3,5-6,18-19,21,24-26,30,39-40H,7,9-17H2,(H,34,41)(H2,32,35,36)/t24-,25?,26+,30-/m1/s1. The molecule has 238 valence electrons. The molecular formula is C31H37N7O7. The van der Waals surface area contributed by atoms with Crippen molar-refractivity contribution in [2.24, 2.45) is 5.92 Å². The number of benzene rings is 1. The van der Waals surface area contributed by atoms with Crippen molar-refractivity contribution in [3.8, 4) is 11.8 Å². The summed E-state index contributed by atoms with van der Waals surface area (Å²) in [6.07, 6.45) is -0.166. The van der Waals surface area contributed by atoms with Crippen molar-refractivity contribution in [2.75, 3.05) is 32.0 Å². The molecule has 14 nitrogen and oxygen atoms in total. The first-order chi connectivity index (χ1) is 21.9. The summed E-state index contributed by atoms with van der Waals surface area (Å²) in [5.74, 6) is 6.20. The maximum absolute atomic E-state index is 12.5. The number of aliphatic hydroxyl groups is 2. The smallest absolute Gasteiger partial charge is 0.409 e. The number of anilines is 1. The van der Waals surface area contributed by atoms with Crippen molar-refractivity contribution < 1.29 is 34.0 Å². The van der Waals surface area contributed by atoms with Gasteiger partial charge in [0, 0.05) is 25.6 Å². The van der Waals surface area contributed by atoms with Crippen LogP contribution < -0.4 is 11.1 Å². The summed E-state index contributed by atoms with van der Waals surface area (Å²) in [4.78, 5) is 39.7. The molecule has 2 aliphatic heterocycles. The minimum atomic E-state index is -1.42. The van der Waals surface area contributed by atoms with Gasteiger partial charge in [0.25, 0.3) is 5.91 Å². The van der Waals surface area contributed by atoms with Gasteiger partial charge in [-0.3, -0.25) is 9.36 Å². The average molecular weight is 620 g/mol. The molecule has 2 amide bonds. The largest absolute Gasteiger partial charge is 0.447 e. The molecule has 0 radical (unpaired) electrons. The van der Waals surface area contributed by atoms with Gasteiger partial charge in [-0.2, -0.15) is 0 Å². The van der Waals surface area contributed by atoms with E-state index in [1.165, 1.54) is 10.9 Å². The number of ether oxygens (including phenoxy) is 3. The zero-order valence-electron chi connectivity index (χ0n) is 24.7. The van der Waals surface area contributed by atoms with E-state index in [4.69, 9.17) is 19.9 Å². The lowest BCUT2D eigenvalue weighted by Gasteiger charge is -2.30. The van der Waals surface area contributed by atoms with Crippen LogP contribution in [0.3, 0.4) is 0 Å². The number of nitrogens with one attached hydrogen (secondary N) is 1. The van der Waals surface area contributed by atoms with E-state index in [2.05, 4.69) is 32.1 Å². The molecule has 0 spiro atoms. The fourth-order valence-electron chi connectivity index (χ4n) is 5.43. The van der Waals surface area contributed by atoms with E-state index in [0.717, 1.165) is 31.2 Å². The van der Waals surface area contributed by atoms with E-state index in [1.807, 2.05) is 30.3 Å². The Kier molecular flexibility index (Phi) is 9.41. The number of carbonyl (C=O) groups is 2. The molecule has 5 N–H and O–H groups in total. The molecule has 1 unspecified atom stereocenters. The summed E-state index contributed by atoms with van der Waals surface area (Å²) in [7, 11) is 0. The highest BCUT2D eigenvalue weighted by Crippen LogP contribution is 2.33. The summed E-state index contributed by atoms with van der Waals surface area (Å²) in [6, 6.07) is 9.90. The number of carbonyl (C=O) groups excluding carboxylic acids is 2. The second-order valence-corrected chi connectivity index (χ2v) is 11.6. The summed E-state index contributed by atoms with van der Waals surface area (Å²) in [5, 5.41) is 24.0. The lowest BCUT2D eigenvalue weighted by Crippen LogP contribution is -2.43. The van der Waals surface area contributed by atoms with Gasteiger partial charge in [-0.15, -0.1) is 0 Å². The fourth-order valence-corrected chi connectivity index (χ4v) is 5.43. The van der Waals surface area contributed by atoms with Crippen molar-refractivity contribution >= 4 is 29.0 Å². The zero-order valence-corrected chi connectivity index (χ0v) is 24.7. The van der Waals surface area contributed by atoms with Gasteiger partial charge in [0.2, 0.25) is 5.82 Å². The van der Waals surface area contributed by atoms with Gasteiger partial charge in [0.1, 0.15) is 24.3 Å². The fraction of sp³-hybridized carbons (Fsp3) is 0.516. The molecule has 4 heterocycles. The predicted octanol–water partition coefficient (Wildman–Crippen LogP) is 1.11. The van der Waals surface area contributed by atoms with Crippen LogP contribution in [0.5, 0.6) is 0 Å². The van der Waals surface area contributed by atoms with E-state index in [9.17, 15) is 19.8 Å². The minimum Gasteiger partial charge on any atom is -0.447 e. The summed E-state index contributed by atoms with van der Waals surface area (Å²) >= 11 is 0. The third-order valence-electron chi connectivity index (χ3n) is 8.17. The topological polar surface area (TPSA) is 187 Å². The molecule has 4 atom stereocenters. The Labute approximate surface area is 259 Å². The van der Waals surface area contributed by atoms with E-state index < -0.39 is 30.4 Å². The molecule has 3 aliphatic rings. The molecule has 14 heteroatoms. The normalized spacial score (nSPS) is 23.5. The van der Waals surface area contributed by atoms with Crippen LogP contribution in [0.25, 0.3) is 11.2 Å². The molecule has 3 fully saturated rings. The number of fused-ring (bicyclic) bond motifs is 1. The molecule has 0 bridgehead atoms. The van der Waals surface area contributed by atoms with Crippen LogP contribution in [0.1, 0.15) is 49.7 Å². The second kappa shape index (κ2) is 13.8. The van der Waals surface area contributed by atoms with Crippen LogP contribution in [-0.2, 0) is 25.6 Å². The molecule has 6 rings (SSSR count). The molecule has 1 aliphatic carbocycles. The van der Waals surface area contributed by atoms with Gasteiger partial charge < -0.3 is 40.4 Å². The molecule has 1 aromatic carbocycles. The number of imidazole rings is 1. The van der Waals surface area contributed by atoms with Crippen LogP contribution in [0.2, 0.25) is 0 Å². The van der Waals surface area contributed by atoms with Crippen molar-refractivity contribution in [1.29, 1.82) is 0 Å². The summed E-state index contributed by atoms with van der Waals surface area (Å²) in [5.41, 5.74) is 7.76. The van der Waals surface area contributed by atoms with Gasteiger partial charge in [-0.05, 0) is 43.1 Å². The Hall–Kier alpha value is -4.29. The number of amides is 2. The lowest BCUT2D eigenvalue weighted by atomic mass is 9.94. The van der Waals surface area contributed by atoms with Crippen molar-refractivity contribution in [1.82, 2.24) is 29.7 Å². The molecule has 1 saturated carbocycles. The number of likely N-dealkylation sites (tertiary alicyclic amines) is 1. The number of nitrogens with two attached hydrogens (primary N) is 1. The maximum Gasteiger partial charge on any atom is 0.409 e. The van der Waals surface area contributed by atoms with Crippen LogP contribution in [0.4, 0.5) is 10.6 Å². The van der Waals surface area contributed by atoms with Gasteiger partial charge in [-0.1, -0.05) is 36.3 Å². The lowest BCUT2D eigenvalue weighted by molar-refractivity contribution is -0.137. The third-order valence-corrected chi connectivity index (χ3v) is 8.17. The number of piperidine rings is 1. The first-order valence-electron chi connectivity index (χ1n) is 15.2. The number of nitrogens with zero attached hydrogens (tertiary/aromatic N) is 5. The zero-order chi connectivity index (χ0) is 31.3. The third kappa shape index (κ3) is 7.34. The quantitative estimate of drug-likeness (QED) is 0.199. The van der Waals surface area contributed by atoms with Crippen molar-refractivity contribution in [3.05, 3.63) is 48.0 Å². The first kappa shape index (κ1) is 30.7. The van der Waals surface area contributed by atoms with Gasteiger partial charge in [0.15, 0.2) is 23.8 Å². The maximum atomic E-state index is 12.5. The summed E-state index contributed by atoms with van der Waals surface area (Å²) in [6.45, 7) is 2.18. The predicted molar refractivity (Wildman–Crippen MR) is 160 cm³/mol. The monoisotopic (exact) mass is 619 g/mol. The van der Waals surface area contributed by atoms with Crippen LogP contribution in [0, 0.1) is 17.8 Å². The Morgan fingerprint density at radius 1 is 1.07 bits per heavy atom. The number of hydrogen-bond acceptors (Lipinski definition) is 11. The van der Waals surface area contributed by atoms with Crippen LogP contribution in [-0.4, -0.2) is 97.3 Å². The van der Waals surface area contributed by atoms with Gasteiger partial charge in [-0.25, -0.2) is 19.7 Å². The van der Waals surface area contributed by atoms with Crippen molar-refractivity contribution in [2.45, 2.75) is 69.3 Å². The number of nitrogen functional groups attached to an aromatic ring is 1. The minimum absolute atomic E-state index is 0.0809. The van der Waals surface area contributed by atoms with Gasteiger partial charge in [0.05, 0.1) is 19.5 Å². The highest BCUT2D eigenvalue weighted by Gasteiger charge is 2.48. The number of aliphatic hydroxyl groups excluding tert-OH is 2. The molecular weight excluding hydrogens is 582 g/mol. The summed E-state index contributed by atoms with van der Waals surface area (Å²) < 4.78 is 18.1. The Balaban J connectivity index is 0.990. The highest BCUT2D eigenvalue weighted by molar-refractivity contribution is 5.83. The number of aromatic nitrogens is 4.